The van der Waals surface area contributed by atoms with Gasteiger partial charge in [0.1, 0.15) is 0 Å². The summed E-state index contributed by atoms with van der Waals surface area (Å²) < 4.78 is 5.24. The molecule has 0 bridgehead atoms. The number of hydrogen-bond acceptors (Lipinski definition) is 2. The van der Waals surface area contributed by atoms with E-state index in [9.17, 15) is 4.79 Å². The summed E-state index contributed by atoms with van der Waals surface area (Å²) in [4.78, 5) is 11.1. The fourth-order valence-corrected chi connectivity index (χ4v) is 3.77. The van der Waals surface area contributed by atoms with E-state index in [1.807, 2.05) is 32.0 Å². The predicted octanol–water partition coefficient (Wildman–Crippen LogP) is 3.99. The van der Waals surface area contributed by atoms with Gasteiger partial charge in [-0.25, -0.2) is 0 Å². The van der Waals surface area contributed by atoms with E-state index in [1.165, 1.54) is 12.5 Å². The molecule has 1 atom stereocenters. The second-order valence-corrected chi connectivity index (χ2v) is 11.9. The first-order valence-electron chi connectivity index (χ1n) is 6.89. The number of benzene rings is 1. The lowest BCUT2D eigenvalue weighted by Crippen LogP contribution is -2.31. The first kappa shape index (κ1) is 16.5. The molecular formula is C17H24O2Si. The highest BCUT2D eigenvalue weighted by atomic mass is 28.3. The fourth-order valence-electron chi connectivity index (χ4n) is 2.08. The number of carbonyl (C=O) groups is 1. The number of rotatable bonds is 3. The van der Waals surface area contributed by atoms with Crippen molar-refractivity contribution in [1.29, 1.82) is 0 Å². The van der Waals surface area contributed by atoms with Crippen molar-refractivity contribution in [3.63, 3.8) is 0 Å². The van der Waals surface area contributed by atoms with Crippen LogP contribution in [0.25, 0.3) is 0 Å². The van der Waals surface area contributed by atoms with E-state index in [0.29, 0.717) is 0 Å². The Bertz CT molecular complexity index is 515. The molecule has 0 aliphatic carbocycles. The third-order valence-electron chi connectivity index (χ3n) is 2.92. The predicted molar refractivity (Wildman–Crippen MR) is 86.2 cm³/mol. The van der Waals surface area contributed by atoms with Crippen molar-refractivity contribution in [2.24, 2.45) is 0 Å². The molecule has 0 aliphatic rings. The smallest absolute Gasteiger partial charge is 0.304 e. The monoisotopic (exact) mass is 288 g/mol. The van der Waals surface area contributed by atoms with Crippen LogP contribution >= 0.6 is 0 Å². The minimum Gasteiger partial charge on any atom is -0.447 e. The quantitative estimate of drug-likeness (QED) is 0.477. The van der Waals surface area contributed by atoms with Crippen molar-refractivity contribution >= 4 is 14.0 Å². The highest BCUT2D eigenvalue weighted by molar-refractivity contribution is 6.78. The molecule has 0 saturated carbocycles. The van der Waals surface area contributed by atoms with Gasteiger partial charge in [0, 0.05) is 12.5 Å². The second kappa shape index (κ2) is 6.28. The number of hydrogen-bond donors (Lipinski definition) is 0. The molecule has 1 aromatic carbocycles. The average Bonchev–Trinajstić information content (AvgIpc) is 2.26. The van der Waals surface area contributed by atoms with Crippen molar-refractivity contribution in [2.75, 3.05) is 0 Å². The van der Waals surface area contributed by atoms with Crippen molar-refractivity contribution in [2.45, 2.75) is 51.6 Å². The van der Waals surface area contributed by atoms with Crippen LogP contribution in [0.1, 0.15) is 31.9 Å². The van der Waals surface area contributed by atoms with Gasteiger partial charge in [-0.15, -0.1) is 0 Å². The maximum atomic E-state index is 11.1. The van der Waals surface area contributed by atoms with Crippen molar-refractivity contribution < 1.29 is 9.53 Å². The van der Waals surface area contributed by atoms with E-state index in [4.69, 9.17) is 4.74 Å². The molecule has 108 valence electrons. The van der Waals surface area contributed by atoms with Gasteiger partial charge in [-0.3, -0.25) is 4.79 Å². The Labute approximate surface area is 123 Å². The van der Waals surface area contributed by atoms with Gasteiger partial charge in [0.2, 0.25) is 0 Å². The Morgan fingerprint density at radius 1 is 1.20 bits per heavy atom. The number of carbonyl (C=O) groups excluding carboxylic acids is 1. The van der Waals surface area contributed by atoms with Crippen molar-refractivity contribution in [1.82, 2.24) is 0 Å². The van der Waals surface area contributed by atoms with Crippen LogP contribution in [0.3, 0.4) is 0 Å². The SMILES string of the molecule is CC(=O)OC(C)(C)C#CC(c1ccccc1)[Si](C)(C)C. The Kier molecular flexibility index (Phi) is 5.19. The molecule has 0 aliphatic heterocycles. The molecule has 1 aromatic rings. The molecule has 0 aromatic heterocycles. The fraction of sp³-hybridized carbons (Fsp3) is 0.471. The van der Waals surface area contributed by atoms with Gasteiger partial charge >= 0.3 is 5.97 Å². The Morgan fingerprint density at radius 2 is 1.75 bits per heavy atom. The van der Waals surface area contributed by atoms with Gasteiger partial charge in [0.15, 0.2) is 5.60 Å². The highest BCUT2D eigenvalue weighted by Crippen LogP contribution is 2.26. The van der Waals surface area contributed by atoms with Gasteiger partial charge in [0.25, 0.3) is 0 Å². The number of esters is 1. The Hall–Kier alpha value is -1.53. The second-order valence-electron chi connectivity index (χ2n) is 6.58. The lowest BCUT2D eigenvalue weighted by Gasteiger charge is -2.25. The Morgan fingerprint density at radius 3 is 2.20 bits per heavy atom. The van der Waals surface area contributed by atoms with Crippen LogP contribution in [0.15, 0.2) is 30.3 Å². The van der Waals surface area contributed by atoms with Crippen LogP contribution in [-0.4, -0.2) is 19.6 Å². The molecule has 1 unspecified atom stereocenters. The molecule has 0 radical (unpaired) electrons. The van der Waals surface area contributed by atoms with Gasteiger partial charge in [-0.2, -0.15) is 0 Å². The zero-order valence-electron chi connectivity index (χ0n) is 13.3. The molecule has 0 saturated heterocycles. The van der Waals surface area contributed by atoms with E-state index in [2.05, 4.69) is 43.6 Å². The molecule has 20 heavy (non-hydrogen) atoms. The number of ether oxygens (including phenoxy) is 1. The summed E-state index contributed by atoms with van der Waals surface area (Å²) >= 11 is 0. The summed E-state index contributed by atoms with van der Waals surface area (Å²) in [6.45, 7) is 12.0. The normalized spacial score (nSPS) is 13.1. The van der Waals surface area contributed by atoms with Gasteiger partial charge in [-0.05, 0) is 19.4 Å². The largest absolute Gasteiger partial charge is 0.447 e. The van der Waals surface area contributed by atoms with Crippen LogP contribution in [0, 0.1) is 11.8 Å². The summed E-state index contributed by atoms with van der Waals surface area (Å²) in [5.74, 6) is 6.20. The van der Waals surface area contributed by atoms with Crippen molar-refractivity contribution in [3.8, 4) is 11.8 Å². The van der Waals surface area contributed by atoms with Crippen LogP contribution in [0.4, 0.5) is 0 Å². The molecule has 0 N–H and O–H groups in total. The minimum atomic E-state index is -1.48. The van der Waals surface area contributed by atoms with E-state index in [1.54, 1.807) is 0 Å². The average molecular weight is 288 g/mol. The summed E-state index contributed by atoms with van der Waals surface area (Å²) in [5.41, 5.74) is 0.745. The summed E-state index contributed by atoms with van der Waals surface area (Å²) in [6.07, 6.45) is 0. The van der Waals surface area contributed by atoms with Crippen LogP contribution < -0.4 is 0 Å². The third-order valence-corrected chi connectivity index (χ3v) is 5.13. The maximum absolute atomic E-state index is 11.1. The topological polar surface area (TPSA) is 26.3 Å². The van der Waals surface area contributed by atoms with E-state index >= 15 is 0 Å². The van der Waals surface area contributed by atoms with Crippen molar-refractivity contribution in [3.05, 3.63) is 35.9 Å². The lowest BCUT2D eigenvalue weighted by molar-refractivity contribution is -0.148. The molecule has 0 heterocycles. The minimum absolute atomic E-state index is 0.235. The van der Waals surface area contributed by atoms with Gasteiger partial charge in [-0.1, -0.05) is 61.8 Å². The maximum Gasteiger partial charge on any atom is 0.304 e. The zero-order chi connectivity index (χ0) is 15.4. The standard InChI is InChI=1S/C17H24O2Si/c1-14(18)19-17(2,3)13-12-16(20(4,5)6)15-10-8-7-9-11-15/h7-11,16H,1-6H3. The molecule has 0 spiro atoms. The molecule has 0 amide bonds. The van der Waals surface area contributed by atoms with Gasteiger partial charge < -0.3 is 4.74 Å². The van der Waals surface area contributed by atoms with Gasteiger partial charge in [0.05, 0.1) is 8.07 Å². The Balaban J connectivity index is 3.08. The first-order chi connectivity index (χ1) is 9.12. The van der Waals surface area contributed by atoms with Crippen LogP contribution in [0.2, 0.25) is 19.6 Å². The lowest BCUT2D eigenvalue weighted by atomic mass is 10.1. The summed E-state index contributed by atoms with van der Waals surface area (Å²) in [7, 11) is -1.48. The molecule has 2 nitrogen and oxygen atoms in total. The molecule has 0 fully saturated rings. The van der Waals surface area contributed by atoms with E-state index in [0.717, 1.165) is 0 Å². The highest BCUT2D eigenvalue weighted by Gasteiger charge is 2.27. The summed E-state index contributed by atoms with van der Waals surface area (Å²) in [5, 5.41) is 0. The van der Waals surface area contributed by atoms with Crippen LogP contribution in [-0.2, 0) is 9.53 Å². The third kappa shape index (κ3) is 5.22. The molecular weight excluding hydrogens is 264 g/mol. The van der Waals surface area contributed by atoms with E-state index < -0.39 is 13.7 Å². The zero-order valence-corrected chi connectivity index (χ0v) is 14.3. The molecule has 1 rings (SSSR count). The first-order valence-corrected chi connectivity index (χ1v) is 10.5. The van der Waals surface area contributed by atoms with E-state index in [-0.39, 0.29) is 11.5 Å². The summed E-state index contributed by atoms with van der Waals surface area (Å²) in [6, 6.07) is 10.3. The van der Waals surface area contributed by atoms with Crippen LogP contribution in [0.5, 0.6) is 0 Å². The molecule has 3 heteroatoms.